The molecule has 3 aromatic rings. The van der Waals surface area contributed by atoms with Gasteiger partial charge in [0.1, 0.15) is 0 Å². The maximum atomic E-state index is 12.2. The number of hydrogen-bond donors (Lipinski definition) is 1. The number of rotatable bonds is 7. The van der Waals surface area contributed by atoms with Crippen LogP contribution in [-0.4, -0.2) is 30.6 Å². The van der Waals surface area contributed by atoms with Crippen molar-refractivity contribution in [2.24, 2.45) is 0 Å². The number of carbonyl (C=O) groups is 1. The summed E-state index contributed by atoms with van der Waals surface area (Å²) in [6, 6.07) is 9.08. The maximum Gasteiger partial charge on any atom is 0.338 e. The van der Waals surface area contributed by atoms with Crippen molar-refractivity contribution >= 4 is 27.3 Å². The lowest BCUT2D eigenvalue weighted by atomic mass is 10.2. The molecule has 0 spiro atoms. The molecule has 0 fully saturated rings. The molecule has 1 N–H and O–H groups in total. The SMILES string of the molecule is CC(C)NS(=O)(=O)c1cccc(C(=O)OCc2nc(-c3cccs3)no2)c1. The van der Waals surface area contributed by atoms with Crippen LogP contribution in [0.2, 0.25) is 0 Å². The normalized spacial score (nSPS) is 11.7. The first-order valence-corrected chi connectivity index (χ1v) is 10.4. The van der Waals surface area contributed by atoms with Gasteiger partial charge in [-0.25, -0.2) is 17.9 Å². The topological polar surface area (TPSA) is 111 Å². The van der Waals surface area contributed by atoms with Crippen molar-refractivity contribution in [2.75, 3.05) is 0 Å². The minimum absolute atomic E-state index is 0.0107. The highest BCUT2D eigenvalue weighted by molar-refractivity contribution is 7.89. The molecule has 0 saturated carbocycles. The lowest BCUT2D eigenvalue weighted by Crippen LogP contribution is -2.30. The quantitative estimate of drug-likeness (QED) is 0.599. The predicted molar refractivity (Wildman–Crippen MR) is 98.6 cm³/mol. The summed E-state index contributed by atoms with van der Waals surface area (Å²) in [6.07, 6.45) is 0. The molecule has 0 radical (unpaired) electrons. The minimum atomic E-state index is -3.70. The van der Waals surface area contributed by atoms with Crippen LogP contribution in [-0.2, 0) is 21.4 Å². The second-order valence-corrected chi connectivity index (χ2v) is 8.53. The third kappa shape index (κ3) is 4.79. The smallest absolute Gasteiger partial charge is 0.338 e. The van der Waals surface area contributed by atoms with Crippen molar-refractivity contribution in [3.8, 4) is 10.7 Å². The molecule has 0 saturated heterocycles. The average molecular weight is 407 g/mol. The molecule has 2 heterocycles. The summed E-state index contributed by atoms with van der Waals surface area (Å²) in [7, 11) is -3.70. The summed E-state index contributed by atoms with van der Waals surface area (Å²) in [5.41, 5.74) is 0.111. The van der Waals surface area contributed by atoms with E-state index < -0.39 is 16.0 Å². The van der Waals surface area contributed by atoms with Gasteiger partial charge < -0.3 is 9.26 Å². The highest BCUT2D eigenvalue weighted by atomic mass is 32.2. The van der Waals surface area contributed by atoms with Gasteiger partial charge in [0.25, 0.3) is 5.89 Å². The fourth-order valence-corrected chi connectivity index (χ4v) is 4.14. The molecule has 0 aliphatic heterocycles. The number of nitrogens with one attached hydrogen (secondary N) is 1. The second kappa shape index (κ2) is 7.99. The Morgan fingerprint density at radius 1 is 1.30 bits per heavy atom. The average Bonchev–Trinajstić information content (AvgIpc) is 3.30. The van der Waals surface area contributed by atoms with E-state index in [0.717, 1.165) is 4.88 Å². The molecule has 8 nitrogen and oxygen atoms in total. The lowest BCUT2D eigenvalue weighted by molar-refractivity contribution is 0.0429. The molecule has 2 aromatic heterocycles. The third-order valence-electron chi connectivity index (χ3n) is 3.31. The van der Waals surface area contributed by atoms with Crippen LogP contribution in [0.1, 0.15) is 30.1 Å². The van der Waals surface area contributed by atoms with Crippen LogP contribution in [0, 0.1) is 0 Å². The third-order valence-corrected chi connectivity index (χ3v) is 5.83. The second-order valence-electron chi connectivity index (χ2n) is 5.87. The highest BCUT2D eigenvalue weighted by Crippen LogP contribution is 2.21. The van der Waals surface area contributed by atoms with Crippen molar-refractivity contribution in [3.05, 3.63) is 53.2 Å². The van der Waals surface area contributed by atoms with Crippen molar-refractivity contribution in [3.63, 3.8) is 0 Å². The predicted octanol–water partition coefficient (Wildman–Crippen LogP) is 2.84. The van der Waals surface area contributed by atoms with Gasteiger partial charge in [-0.05, 0) is 43.5 Å². The van der Waals surface area contributed by atoms with Gasteiger partial charge in [0.2, 0.25) is 15.8 Å². The number of benzene rings is 1. The van der Waals surface area contributed by atoms with E-state index in [-0.39, 0.29) is 29.0 Å². The van der Waals surface area contributed by atoms with Crippen molar-refractivity contribution in [2.45, 2.75) is 31.4 Å². The van der Waals surface area contributed by atoms with E-state index in [2.05, 4.69) is 14.9 Å². The Bertz CT molecular complexity index is 1030. The van der Waals surface area contributed by atoms with E-state index >= 15 is 0 Å². The number of thiophene rings is 1. The summed E-state index contributed by atoms with van der Waals surface area (Å²) in [5.74, 6) is -0.117. The Hall–Kier alpha value is -2.56. The van der Waals surface area contributed by atoms with Crippen molar-refractivity contribution in [1.82, 2.24) is 14.9 Å². The van der Waals surface area contributed by atoms with Crippen LogP contribution >= 0.6 is 11.3 Å². The van der Waals surface area contributed by atoms with Crippen LogP contribution in [0.3, 0.4) is 0 Å². The first kappa shape index (κ1) is 19.2. The summed E-state index contributed by atoms with van der Waals surface area (Å²) in [4.78, 5) is 17.2. The van der Waals surface area contributed by atoms with E-state index in [0.29, 0.717) is 5.82 Å². The Kier molecular flexibility index (Phi) is 5.68. The molecular formula is C17H17N3O5S2. The Morgan fingerprint density at radius 3 is 2.81 bits per heavy atom. The van der Waals surface area contributed by atoms with Gasteiger partial charge in [0.15, 0.2) is 6.61 Å². The fourth-order valence-electron chi connectivity index (χ4n) is 2.20. The first-order chi connectivity index (χ1) is 12.8. The van der Waals surface area contributed by atoms with Crippen LogP contribution < -0.4 is 4.72 Å². The van der Waals surface area contributed by atoms with Crippen LogP contribution in [0.15, 0.2) is 51.2 Å². The maximum absolute atomic E-state index is 12.2. The molecule has 1 aromatic carbocycles. The largest absolute Gasteiger partial charge is 0.452 e. The van der Waals surface area contributed by atoms with E-state index in [4.69, 9.17) is 9.26 Å². The fraction of sp³-hybridized carbons (Fsp3) is 0.235. The molecule has 27 heavy (non-hydrogen) atoms. The zero-order valence-corrected chi connectivity index (χ0v) is 16.2. The Labute approximate surface area is 160 Å². The molecule has 0 atom stereocenters. The van der Waals surface area contributed by atoms with Crippen LogP contribution in [0.4, 0.5) is 0 Å². The molecule has 142 valence electrons. The monoisotopic (exact) mass is 407 g/mol. The summed E-state index contributed by atoms with van der Waals surface area (Å²) in [6.45, 7) is 3.22. The standard InChI is InChI=1S/C17H17N3O5S2/c1-11(2)20-27(22,23)13-6-3-5-12(9-13)17(21)24-10-15-18-16(19-25-15)14-7-4-8-26-14/h3-9,11,20H,10H2,1-2H3. The number of aromatic nitrogens is 2. The van der Waals surface area contributed by atoms with Crippen LogP contribution in [0.5, 0.6) is 0 Å². The lowest BCUT2D eigenvalue weighted by Gasteiger charge is -2.10. The highest BCUT2D eigenvalue weighted by Gasteiger charge is 2.18. The van der Waals surface area contributed by atoms with E-state index in [9.17, 15) is 13.2 Å². The molecule has 0 unspecified atom stereocenters. The summed E-state index contributed by atoms with van der Waals surface area (Å²) in [5, 5.41) is 5.72. The number of ether oxygens (including phenoxy) is 1. The van der Waals surface area contributed by atoms with E-state index in [1.54, 1.807) is 13.8 Å². The molecule has 10 heteroatoms. The molecular weight excluding hydrogens is 390 g/mol. The molecule has 0 amide bonds. The van der Waals surface area contributed by atoms with Gasteiger partial charge in [0, 0.05) is 6.04 Å². The number of carbonyl (C=O) groups excluding carboxylic acids is 1. The number of esters is 1. The number of hydrogen-bond acceptors (Lipinski definition) is 8. The minimum Gasteiger partial charge on any atom is -0.452 e. The van der Waals surface area contributed by atoms with Crippen molar-refractivity contribution in [1.29, 1.82) is 0 Å². The van der Waals surface area contributed by atoms with Gasteiger partial charge in [-0.2, -0.15) is 4.98 Å². The van der Waals surface area contributed by atoms with Gasteiger partial charge in [-0.15, -0.1) is 11.3 Å². The van der Waals surface area contributed by atoms with E-state index in [1.807, 2.05) is 17.5 Å². The summed E-state index contributed by atoms with van der Waals surface area (Å²) < 4.78 is 37.1. The van der Waals surface area contributed by atoms with Gasteiger partial charge in [-0.3, -0.25) is 0 Å². The van der Waals surface area contributed by atoms with Crippen molar-refractivity contribution < 1.29 is 22.5 Å². The van der Waals surface area contributed by atoms with E-state index in [1.165, 1.54) is 35.6 Å². The van der Waals surface area contributed by atoms with Gasteiger partial charge in [0.05, 0.1) is 15.3 Å². The molecule has 0 aliphatic rings. The molecule has 0 aliphatic carbocycles. The number of nitrogens with zero attached hydrogens (tertiary/aromatic N) is 2. The number of sulfonamides is 1. The first-order valence-electron chi connectivity index (χ1n) is 8.01. The van der Waals surface area contributed by atoms with Gasteiger partial charge in [-0.1, -0.05) is 17.3 Å². The molecule has 3 rings (SSSR count). The Morgan fingerprint density at radius 2 is 2.11 bits per heavy atom. The molecule has 0 bridgehead atoms. The van der Waals surface area contributed by atoms with Gasteiger partial charge >= 0.3 is 5.97 Å². The zero-order valence-electron chi connectivity index (χ0n) is 14.6. The summed E-state index contributed by atoms with van der Waals surface area (Å²) >= 11 is 1.46. The zero-order chi connectivity index (χ0) is 19.4. The Balaban J connectivity index is 1.67. The van der Waals surface area contributed by atoms with Crippen LogP contribution in [0.25, 0.3) is 10.7 Å².